The number of anilines is 1. The molecule has 0 radical (unpaired) electrons. The molecule has 1 aliphatic carbocycles. The van der Waals surface area contributed by atoms with Crippen LogP contribution in [-0.2, 0) is 11.3 Å². The molecule has 2 aliphatic rings. The van der Waals surface area contributed by atoms with Gasteiger partial charge >= 0.3 is 64.5 Å². The topological polar surface area (TPSA) is 53.6 Å². The van der Waals surface area contributed by atoms with Gasteiger partial charge in [0.1, 0.15) is 6.61 Å². The van der Waals surface area contributed by atoms with Gasteiger partial charge in [0.15, 0.2) is 0 Å². The number of halogens is 3. The summed E-state index contributed by atoms with van der Waals surface area (Å²) in [5.41, 5.74) is 4.53. The van der Waals surface area contributed by atoms with Crippen LogP contribution in [0.5, 0.6) is 0 Å². The van der Waals surface area contributed by atoms with Crippen LogP contribution in [0.25, 0.3) is 11.1 Å². The third-order valence-corrected chi connectivity index (χ3v) is 7.10. The van der Waals surface area contributed by atoms with Crippen molar-refractivity contribution >= 4 is 24.2 Å². The Hall–Kier alpha value is -1.66. The first kappa shape index (κ1) is 28.4. The van der Waals surface area contributed by atoms with E-state index in [9.17, 15) is 17.7 Å². The van der Waals surface area contributed by atoms with Gasteiger partial charge in [-0.05, 0) is 40.8 Å². The van der Waals surface area contributed by atoms with E-state index in [1.165, 1.54) is 6.92 Å². The van der Waals surface area contributed by atoms with E-state index in [0.717, 1.165) is 54.5 Å². The maximum absolute atomic E-state index is 13.9. The normalized spacial score (nSPS) is 15.5. The molecule has 0 saturated carbocycles. The summed E-state index contributed by atoms with van der Waals surface area (Å²) in [6.45, 7) is -0.130. The average Bonchev–Trinajstić information content (AvgIpc) is 3.18. The van der Waals surface area contributed by atoms with E-state index in [1.807, 2.05) is 48.5 Å². The third-order valence-electron chi connectivity index (χ3n) is 7.10. The molecule has 2 N–H and O–H groups in total. The summed E-state index contributed by atoms with van der Waals surface area (Å²) in [6.07, 6.45) is -0.769. The van der Waals surface area contributed by atoms with Gasteiger partial charge in [0.2, 0.25) is 0 Å². The average molecular weight is 533 g/mol. The second-order valence-corrected chi connectivity index (χ2v) is 9.40. The predicted molar refractivity (Wildman–Crippen MR) is 137 cm³/mol. The Balaban J connectivity index is 0.00000320. The molecule has 0 unspecified atom stereocenters. The van der Waals surface area contributed by atoms with Crippen molar-refractivity contribution in [1.82, 2.24) is 10.2 Å². The third kappa shape index (κ3) is 6.33. The Labute approximate surface area is 257 Å². The molecule has 3 aromatic carbocycles. The maximum Gasteiger partial charge on any atom is 1.00 e. The number of amides is 1. The van der Waals surface area contributed by atoms with Gasteiger partial charge in [0, 0.05) is 44.3 Å². The van der Waals surface area contributed by atoms with Crippen molar-refractivity contribution < 1.29 is 73.9 Å². The number of nitrogens with one attached hydrogen (secondary N) is 2. The van der Waals surface area contributed by atoms with Gasteiger partial charge < -0.3 is 23.0 Å². The number of rotatable bonds is 6. The second kappa shape index (κ2) is 12.0. The van der Waals surface area contributed by atoms with Crippen LogP contribution in [0.4, 0.5) is 23.4 Å². The van der Waals surface area contributed by atoms with Crippen LogP contribution in [-0.4, -0.2) is 50.8 Å². The van der Waals surface area contributed by atoms with Crippen LogP contribution >= 0.6 is 0 Å². The summed E-state index contributed by atoms with van der Waals surface area (Å²) >= 11 is 0. The molecule has 1 fully saturated rings. The number of carbonyl (C=O) groups excluding carboxylic acids is 1. The zero-order valence-electron chi connectivity index (χ0n) is 21.1. The molecule has 0 atom stereocenters. The summed E-state index contributed by atoms with van der Waals surface area (Å²) in [5.74, 6) is -0.126. The summed E-state index contributed by atoms with van der Waals surface area (Å²) in [4.78, 5) is 14.8. The van der Waals surface area contributed by atoms with Gasteiger partial charge in [-0.15, -0.1) is 5.46 Å². The SMILES string of the molecule is Cc1c(CN2CCNCC2)cc(NC(=O)OCC2c3ccccc3-c3ccccc32)cc1[B-](F)(F)F.[K+]. The molecule has 10 heteroatoms. The van der Waals surface area contributed by atoms with E-state index in [4.69, 9.17) is 4.74 Å². The Morgan fingerprint density at radius 3 is 2.22 bits per heavy atom. The van der Waals surface area contributed by atoms with Crippen molar-refractivity contribution in [1.29, 1.82) is 0 Å². The van der Waals surface area contributed by atoms with Gasteiger partial charge in [0.05, 0.1) is 0 Å². The number of hydrogen-bond donors (Lipinski definition) is 2. The van der Waals surface area contributed by atoms with E-state index < -0.39 is 18.5 Å². The van der Waals surface area contributed by atoms with Crippen molar-refractivity contribution in [2.45, 2.75) is 19.4 Å². The van der Waals surface area contributed by atoms with Crippen molar-refractivity contribution in [2.75, 3.05) is 38.1 Å². The van der Waals surface area contributed by atoms with Gasteiger partial charge in [-0.1, -0.05) is 60.2 Å². The first-order valence-electron chi connectivity index (χ1n) is 12.2. The monoisotopic (exact) mass is 533 g/mol. The first-order valence-corrected chi connectivity index (χ1v) is 12.2. The molecule has 1 aliphatic heterocycles. The molecule has 5 nitrogen and oxygen atoms in total. The van der Waals surface area contributed by atoms with Crippen molar-refractivity contribution in [2.24, 2.45) is 0 Å². The van der Waals surface area contributed by atoms with Crippen LogP contribution < -0.4 is 67.5 Å². The van der Waals surface area contributed by atoms with Gasteiger partial charge in [-0.2, -0.15) is 0 Å². The van der Waals surface area contributed by atoms with Crippen molar-refractivity contribution in [3.05, 3.63) is 82.9 Å². The molecule has 0 bridgehead atoms. The van der Waals surface area contributed by atoms with Crippen LogP contribution in [0.2, 0.25) is 0 Å². The molecule has 1 heterocycles. The molecule has 0 spiro atoms. The van der Waals surface area contributed by atoms with E-state index >= 15 is 0 Å². The molecule has 1 saturated heterocycles. The Kier molecular flexibility index (Phi) is 9.22. The van der Waals surface area contributed by atoms with Crippen LogP contribution in [0.15, 0.2) is 60.7 Å². The molecule has 37 heavy (non-hydrogen) atoms. The minimum atomic E-state index is -5.23. The quantitative estimate of drug-likeness (QED) is 0.475. The molecule has 0 aromatic heterocycles. The number of hydrogen-bond acceptors (Lipinski definition) is 4. The van der Waals surface area contributed by atoms with Crippen molar-refractivity contribution in [3.63, 3.8) is 0 Å². The number of ether oxygens (including phenoxy) is 1. The number of piperazine rings is 1. The Morgan fingerprint density at radius 2 is 1.62 bits per heavy atom. The van der Waals surface area contributed by atoms with E-state index in [2.05, 4.69) is 15.5 Å². The summed E-state index contributed by atoms with van der Waals surface area (Å²) < 4.78 is 47.1. The minimum absolute atomic E-state index is 0. The summed E-state index contributed by atoms with van der Waals surface area (Å²) in [5, 5.41) is 5.79. The first-order chi connectivity index (χ1) is 17.3. The van der Waals surface area contributed by atoms with E-state index in [-0.39, 0.29) is 75.2 Å². The summed E-state index contributed by atoms with van der Waals surface area (Å²) in [7, 11) is 0. The largest absolute Gasteiger partial charge is 1.00 e. The van der Waals surface area contributed by atoms with E-state index in [0.29, 0.717) is 12.1 Å². The molecule has 1 amide bonds. The smallest absolute Gasteiger partial charge is 0.448 e. The number of carbonyl (C=O) groups is 1. The Morgan fingerprint density at radius 1 is 1.03 bits per heavy atom. The second-order valence-electron chi connectivity index (χ2n) is 9.40. The van der Waals surface area contributed by atoms with Gasteiger partial charge in [0.25, 0.3) is 0 Å². The molecule has 3 aromatic rings. The Bertz CT molecular complexity index is 1240. The van der Waals surface area contributed by atoms with Crippen LogP contribution in [0.1, 0.15) is 28.2 Å². The molecule has 188 valence electrons. The number of fused-ring (bicyclic) bond motifs is 3. The fourth-order valence-electron chi connectivity index (χ4n) is 5.24. The van der Waals surface area contributed by atoms with E-state index in [1.54, 1.807) is 6.07 Å². The number of benzene rings is 3. The molecular formula is C27H28BF3KN3O2. The van der Waals surface area contributed by atoms with Crippen LogP contribution in [0, 0.1) is 6.92 Å². The maximum atomic E-state index is 13.9. The zero-order valence-corrected chi connectivity index (χ0v) is 24.2. The standard InChI is InChI=1S/C27H28BF3N3O2.K/c1-18-19(16-34-12-10-32-11-13-34)14-20(15-26(18)28(29,30)31)33-27(35)36-17-25-23-8-4-2-6-21(23)22-7-3-5-9-24(22)25;/h2-9,14-15,25,32H,10-13,16-17H2,1H3,(H,33,35);/q-1;+1. The van der Waals surface area contributed by atoms with Gasteiger partial charge in [-0.25, -0.2) is 4.79 Å². The fraction of sp³-hybridized carbons (Fsp3) is 0.296. The van der Waals surface area contributed by atoms with Crippen molar-refractivity contribution in [3.8, 4) is 11.1 Å². The van der Waals surface area contributed by atoms with Gasteiger partial charge in [-0.3, -0.25) is 10.2 Å². The fourth-order valence-corrected chi connectivity index (χ4v) is 5.24. The summed E-state index contributed by atoms with van der Waals surface area (Å²) in [6, 6.07) is 18.6. The minimum Gasteiger partial charge on any atom is -0.448 e. The zero-order chi connectivity index (χ0) is 25.3. The predicted octanol–water partition coefficient (Wildman–Crippen LogP) is 1.82. The van der Waals surface area contributed by atoms with Crippen LogP contribution in [0.3, 0.4) is 0 Å². The number of nitrogens with zero attached hydrogens (tertiary/aromatic N) is 1. The molecule has 5 rings (SSSR count). The molecular weight excluding hydrogens is 505 g/mol.